The van der Waals surface area contributed by atoms with Gasteiger partial charge in [-0.05, 0) is 23.8 Å². The summed E-state index contributed by atoms with van der Waals surface area (Å²) in [5, 5.41) is 4.37. The Morgan fingerprint density at radius 2 is 2.00 bits per heavy atom. The van der Waals surface area contributed by atoms with Gasteiger partial charge >= 0.3 is 0 Å². The minimum Gasteiger partial charge on any atom is -0.496 e. The quantitative estimate of drug-likeness (QED) is 0.559. The number of hydrogen-bond donors (Lipinski definition) is 3. The van der Waals surface area contributed by atoms with Crippen LogP contribution in [0.2, 0.25) is 0 Å². The molecule has 0 fully saturated rings. The number of sulfonamides is 1. The molecule has 24 heavy (non-hydrogen) atoms. The van der Waals surface area contributed by atoms with Crippen molar-refractivity contribution in [2.45, 2.75) is 17.4 Å². The third-order valence-corrected chi connectivity index (χ3v) is 5.09. The van der Waals surface area contributed by atoms with Gasteiger partial charge in [0.15, 0.2) is 0 Å². The number of nitrogens with one attached hydrogen (secondary N) is 2. The second-order valence-electron chi connectivity index (χ2n) is 5.34. The van der Waals surface area contributed by atoms with Crippen molar-refractivity contribution in [1.82, 2.24) is 10.3 Å². The molecular weight excluding hydrogens is 328 g/mol. The van der Waals surface area contributed by atoms with Crippen LogP contribution in [0.3, 0.4) is 0 Å². The summed E-state index contributed by atoms with van der Waals surface area (Å²) < 4.78 is 29.2. The van der Waals surface area contributed by atoms with Crippen molar-refractivity contribution in [3.8, 4) is 5.75 Å². The summed E-state index contributed by atoms with van der Waals surface area (Å²) in [4.78, 5) is 1.91. The van der Waals surface area contributed by atoms with E-state index in [1.54, 1.807) is 19.2 Å². The first-order valence-electron chi connectivity index (χ1n) is 7.33. The summed E-state index contributed by atoms with van der Waals surface area (Å²) >= 11 is 0. The van der Waals surface area contributed by atoms with Crippen LogP contribution in [-0.2, 0) is 10.0 Å². The predicted octanol–water partition coefficient (Wildman–Crippen LogP) is 1.29. The molecule has 1 aliphatic heterocycles. The number of ether oxygens (including phenoxy) is 1. The Balaban J connectivity index is 1.91. The second kappa shape index (κ2) is 6.60. The van der Waals surface area contributed by atoms with Crippen LogP contribution in [0.15, 0.2) is 58.5 Å². The maximum Gasteiger partial charge on any atom is 0.253 e. The zero-order valence-electron chi connectivity index (χ0n) is 13.1. The van der Waals surface area contributed by atoms with E-state index in [0.717, 1.165) is 11.3 Å². The van der Waals surface area contributed by atoms with Gasteiger partial charge in [-0.3, -0.25) is 5.84 Å². The molecule has 1 aliphatic rings. The number of hydrazone groups is 1. The molecule has 0 amide bonds. The topological polar surface area (TPSA) is 106 Å². The van der Waals surface area contributed by atoms with Gasteiger partial charge in [0.1, 0.15) is 5.75 Å². The van der Waals surface area contributed by atoms with Crippen molar-refractivity contribution in [3.05, 3.63) is 59.7 Å². The van der Waals surface area contributed by atoms with E-state index in [0.29, 0.717) is 17.7 Å². The number of nitrogens with two attached hydrogens (primary N) is 1. The fourth-order valence-corrected chi connectivity index (χ4v) is 3.32. The first kappa shape index (κ1) is 16.4. The maximum atomic E-state index is 11.9. The van der Waals surface area contributed by atoms with Crippen LogP contribution in [0.5, 0.6) is 5.75 Å². The Morgan fingerprint density at radius 3 is 2.67 bits per heavy atom. The highest BCUT2D eigenvalue weighted by Gasteiger charge is 2.26. The monoisotopic (exact) mass is 346 g/mol. The molecule has 126 valence electrons. The van der Waals surface area contributed by atoms with Crippen LogP contribution in [-0.4, -0.2) is 21.2 Å². The molecule has 0 aromatic heterocycles. The molecule has 0 unspecified atom stereocenters. The summed E-state index contributed by atoms with van der Waals surface area (Å²) in [5.41, 5.74) is 5.70. The SMILES string of the molecule is COc1ccc(S(=O)(=O)NN)cc1[C@@H]1CC(c2ccccc2)=NN1. The third-order valence-electron chi connectivity index (χ3n) is 3.90. The molecule has 0 radical (unpaired) electrons. The van der Waals surface area contributed by atoms with E-state index in [9.17, 15) is 8.42 Å². The van der Waals surface area contributed by atoms with Crippen LogP contribution in [0.1, 0.15) is 23.6 Å². The predicted molar refractivity (Wildman–Crippen MR) is 91.0 cm³/mol. The number of nitrogens with zero attached hydrogens (tertiary/aromatic N) is 1. The molecule has 0 spiro atoms. The highest BCUT2D eigenvalue weighted by molar-refractivity contribution is 7.89. The molecule has 0 bridgehead atoms. The number of benzene rings is 2. The number of hydrogen-bond acceptors (Lipinski definition) is 6. The van der Waals surface area contributed by atoms with Gasteiger partial charge in [0.05, 0.1) is 23.8 Å². The average molecular weight is 346 g/mol. The fraction of sp³-hybridized carbons (Fsp3) is 0.188. The van der Waals surface area contributed by atoms with Crippen LogP contribution in [0, 0.1) is 0 Å². The molecule has 2 aromatic carbocycles. The first-order valence-corrected chi connectivity index (χ1v) is 8.81. The van der Waals surface area contributed by atoms with Gasteiger partial charge in [-0.25, -0.2) is 8.42 Å². The molecule has 0 aliphatic carbocycles. The van der Waals surface area contributed by atoms with E-state index >= 15 is 0 Å². The van der Waals surface area contributed by atoms with Gasteiger partial charge in [0.2, 0.25) is 0 Å². The number of hydrazine groups is 1. The van der Waals surface area contributed by atoms with Gasteiger partial charge in [-0.1, -0.05) is 30.3 Å². The largest absolute Gasteiger partial charge is 0.496 e. The summed E-state index contributed by atoms with van der Waals surface area (Å²) in [6.07, 6.45) is 0.625. The molecule has 8 heteroatoms. The van der Waals surface area contributed by atoms with Crippen molar-refractivity contribution in [1.29, 1.82) is 0 Å². The van der Waals surface area contributed by atoms with Gasteiger partial charge in [0.25, 0.3) is 10.0 Å². The van der Waals surface area contributed by atoms with Crippen LogP contribution >= 0.6 is 0 Å². The van der Waals surface area contributed by atoms with Crippen molar-refractivity contribution >= 4 is 15.7 Å². The van der Waals surface area contributed by atoms with Crippen molar-refractivity contribution in [2.24, 2.45) is 10.9 Å². The van der Waals surface area contributed by atoms with E-state index in [2.05, 4.69) is 10.5 Å². The van der Waals surface area contributed by atoms with E-state index in [1.807, 2.05) is 35.2 Å². The van der Waals surface area contributed by atoms with Crippen LogP contribution in [0.4, 0.5) is 0 Å². The molecule has 1 heterocycles. The van der Waals surface area contributed by atoms with Crippen LogP contribution < -0.4 is 20.8 Å². The summed E-state index contributed by atoms with van der Waals surface area (Å²) in [6, 6.07) is 14.3. The van der Waals surface area contributed by atoms with E-state index in [4.69, 9.17) is 10.6 Å². The van der Waals surface area contributed by atoms with Crippen LogP contribution in [0.25, 0.3) is 0 Å². The number of methoxy groups -OCH3 is 1. The minimum absolute atomic E-state index is 0.0794. The summed E-state index contributed by atoms with van der Waals surface area (Å²) in [7, 11) is -2.19. The molecule has 0 saturated heterocycles. The lowest BCUT2D eigenvalue weighted by molar-refractivity contribution is 0.402. The molecule has 7 nitrogen and oxygen atoms in total. The van der Waals surface area contributed by atoms with Gasteiger partial charge in [-0.2, -0.15) is 9.93 Å². The van der Waals surface area contributed by atoms with Crippen molar-refractivity contribution in [2.75, 3.05) is 7.11 Å². The third kappa shape index (κ3) is 3.12. The maximum absolute atomic E-state index is 11.9. The Bertz CT molecular complexity index is 866. The first-order chi connectivity index (χ1) is 11.5. The molecule has 1 atom stereocenters. The second-order valence-corrected chi connectivity index (χ2v) is 7.05. The molecule has 2 aromatic rings. The highest BCUT2D eigenvalue weighted by atomic mass is 32.2. The smallest absolute Gasteiger partial charge is 0.253 e. The molecule has 3 rings (SSSR count). The minimum atomic E-state index is -3.73. The summed E-state index contributed by atoms with van der Waals surface area (Å²) in [6.45, 7) is 0. The standard InChI is InChI=1S/C16H18N4O3S/c1-23-16-8-7-12(24(21,22)20-17)9-13(16)15-10-14(18-19-15)11-5-3-2-4-6-11/h2-9,15,19-20H,10,17H2,1H3/t15-/m0/s1. The zero-order valence-corrected chi connectivity index (χ0v) is 13.9. The van der Waals surface area contributed by atoms with Crippen molar-refractivity contribution < 1.29 is 13.2 Å². The van der Waals surface area contributed by atoms with E-state index in [1.165, 1.54) is 6.07 Å². The molecule has 4 N–H and O–H groups in total. The lowest BCUT2D eigenvalue weighted by Gasteiger charge is -2.16. The fourth-order valence-electron chi connectivity index (χ4n) is 2.65. The molecule has 0 saturated carbocycles. The lowest BCUT2D eigenvalue weighted by atomic mass is 9.98. The van der Waals surface area contributed by atoms with E-state index in [-0.39, 0.29) is 10.9 Å². The Morgan fingerprint density at radius 1 is 1.25 bits per heavy atom. The Hall–Kier alpha value is -2.42. The van der Waals surface area contributed by atoms with Gasteiger partial charge in [0, 0.05) is 12.0 Å². The Labute approximate surface area is 140 Å². The van der Waals surface area contributed by atoms with E-state index < -0.39 is 10.0 Å². The Kier molecular flexibility index (Phi) is 4.52. The lowest BCUT2D eigenvalue weighted by Crippen LogP contribution is -2.30. The zero-order chi connectivity index (χ0) is 17.2. The normalized spacial score (nSPS) is 17.2. The summed E-state index contributed by atoms with van der Waals surface area (Å²) in [5.74, 6) is 5.69. The van der Waals surface area contributed by atoms with Gasteiger partial charge in [-0.15, -0.1) is 0 Å². The number of rotatable bonds is 5. The highest BCUT2D eigenvalue weighted by Crippen LogP contribution is 2.33. The van der Waals surface area contributed by atoms with Gasteiger partial charge < -0.3 is 10.2 Å². The average Bonchev–Trinajstić information content (AvgIpc) is 3.12. The van der Waals surface area contributed by atoms with Crippen molar-refractivity contribution in [3.63, 3.8) is 0 Å². The molecular formula is C16H18N4O3S.